The first-order valence-electron chi connectivity index (χ1n) is 25.2. The summed E-state index contributed by atoms with van der Waals surface area (Å²) >= 11 is 0.960. The van der Waals surface area contributed by atoms with E-state index in [1.54, 1.807) is 44.3 Å². The van der Waals surface area contributed by atoms with E-state index in [-0.39, 0.29) is 62.0 Å². The summed E-state index contributed by atoms with van der Waals surface area (Å²) in [7, 11) is -10.9. The number of fused-ring (bicyclic) bond motifs is 3. The number of imidazole rings is 1. The molecule has 80 heavy (non-hydrogen) atoms. The second kappa shape index (κ2) is 26.5. The van der Waals surface area contributed by atoms with Crippen molar-refractivity contribution in [1.29, 1.82) is 0 Å². The van der Waals surface area contributed by atoms with E-state index in [0.717, 1.165) is 34.6 Å². The van der Waals surface area contributed by atoms with E-state index in [2.05, 4.69) is 50.8 Å². The molecule has 0 aliphatic carbocycles. The van der Waals surface area contributed by atoms with Gasteiger partial charge in [-0.15, -0.1) is 0 Å². The Bertz CT molecular complexity index is 3060. The number of nitrogens with two attached hydrogens (primary N) is 1. The molecule has 2 aromatic carbocycles. The summed E-state index contributed by atoms with van der Waals surface area (Å²) in [6.07, 6.45) is -6.46. The van der Waals surface area contributed by atoms with E-state index in [9.17, 15) is 58.5 Å². The van der Waals surface area contributed by atoms with Crippen LogP contribution in [0.15, 0.2) is 73.4 Å². The van der Waals surface area contributed by atoms with Gasteiger partial charge in [-0.25, -0.2) is 28.9 Å². The SMILES string of the molecule is CC(C)NC(=O)[C@H](Cc1c[nH]c2ccccc12)NC(=O)[C@H](CCCCN[C@]1(NCCC(=O)O)O[C@@H]2[C@H](O)[C@@H](COP(=O)(O)OP(=O)(O)OC[C@H]3O[C@@H](n4cnc5c(N)ncnc54)[C@H](O)[C@@H]3O)O[C@@H]2S1)NC(=O)OCc1ccccc1. The Morgan fingerprint density at radius 2 is 1.54 bits per heavy atom. The highest BCUT2D eigenvalue weighted by Gasteiger charge is 2.58. The van der Waals surface area contributed by atoms with Crippen LogP contribution in [0.2, 0.25) is 0 Å². The molecule has 14 N–H and O–H groups in total. The lowest BCUT2D eigenvalue weighted by molar-refractivity contribution is -0.137. The lowest BCUT2D eigenvalue weighted by Crippen LogP contribution is -2.56. The molecule has 5 aromatic rings. The number of phosphoric ester groups is 2. The van der Waals surface area contributed by atoms with Crippen LogP contribution in [0.5, 0.6) is 0 Å². The number of nitrogens with zero attached hydrogens (tertiary/aromatic N) is 4. The fraction of sp³-hybridized carbons (Fsp3) is 0.511. The predicted octanol–water partition coefficient (Wildman–Crippen LogP) is 0.960. The Labute approximate surface area is 460 Å². The Morgan fingerprint density at radius 3 is 2.25 bits per heavy atom. The lowest BCUT2D eigenvalue weighted by Gasteiger charge is -2.32. The minimum Gasteiger partial charge on any atom is -0.481 e. The number of aliphatic carboxylic acids is 1. The number of aliphatic hydroxyl groups excluding tert-OH is 3. The molecule has 2 unspecified atom stereocenters. The molecule has 8 rings (SSSR count). The maximum atomic E-state index is 14.1. The summed E-state index contributed by atoms with van der Waals surface area (Å²) in [5.41, 5.74) is 7.49. The minimum atomic E-state index is -5.46. The third-order valence-corrected chi connectivity index (χ3v) is 16.8. The smallest absolute Gasteiger partial charge is 0.481 e. The average Bonchev–Trinajstić information content (AvgIpc) is 4.31. The van der Waals surface area contributed by atoms with E-state index in [1.807, 2.05) is 30.3 Å². The largest absolute Gasteiger partial charge is 0.481 e. The lowest BCUT2D eigenvalue weighted by atomic mass is 10.0. The number of aromatic amines is 1. The maximum absolute atomic E-state index is 14.1. The molecule has 3 fully saturated rings. The van der Waals surface area contributed by atoms with Crippen LogP contribution in [0.3, 0.4) is 0 Å². The average molecular weight is 1180 g/mol. The number of benzene rings is 2. The Balaban J connectivity index is 0.840. The number of ether oxygens (including phenoxy) is 4. The number of anilines is 1. The van der Waals surface area contributed by atoms with Gasteiger partial charge in [0.1, 0.15) is 72.6 Å². The van der Waals surface area contributed by atoms with Crippen LogP contribution in [0.25, 0.3) is 22.1 Å². The number of carboxylic acids is 1. The molecule has 0 spiro atoms. The number of carbonyl (C=O) groups excluding carboxylic acids is 3. The van der Waals surface area contributed by atoms with Crippen LogP contribution in [-0.4, -0.2) is 170 Å². The van der Waals surface area contributed by atoms with Gasteiger partial charge in [-0.1, -0.05) is 60.3 Å². The number of hydrogen-bond acceptors (Lipinski definition) is 23. The Hall–Kier alpha value is -5.70. The molecule has 0 bridgehead atoms. The van der Waals surface area contributed by atoms with Gasteiger partial charge >= 0.3 is 27.7 Å². The number of thioether (sulfide) groups is 1. The number of rotatable bonds is 28. The molecule has 0 radical (unpaired) electrons. The quantitative estimate of drug-likeness (QED) is 0.0188. The molecular weight excluding hydrogens is 1120 g/mol. The summed E-state index contributed by atoms with van der Waals surface area (Å²) in [5.74, 6) is -2.17. The summed E-state index contributed by atoms with van der Waals surface area (Å²) in [4.78, 5) is 88.3. The third kappa shape index (κ3) is 15.4. The number of nitrogens with one attached hydrogen (secondary N) is 6. The molecule has 30 nitrogen and oxygen atoms in total. The van der Waals surface area contributed by atoms with E-state index >= 15 is 0 Å². The number of aromatic nitrogens is 5. The molecule has 3 amide bonds. The second-order valence-electron chi connectivity index (χ2n) is 19.1. The van der Waals surface area contributed by atoms with Gasteiger partial charge in [-0.3, -0.25) is 38.6 Å². The molecule has 3 aliphatic rings. The van der Waals surface area contributed by atoms with Gasteiger partial charge in [0.2, 0.25) is 17.0 Å². The first-order chi connectivity index (χ1) is 38.1. The normalized spacial score (nSPS) is 25.9. The van der Waals surface area contributed by atoms with Crippen molar-refractivity contribution in [1.82, 2.24) is 51.1 Å². The van der Waals surface area contributed by atoms with Gasteiger partial charge in [0, 0.05) is 36.1 Å². The number of nitrogen functional groups attached to an aromatic ring is 1. The maximum Gasteiger partial charge on any atom is 0.481 e. The highest BCUT2D eigenvalue weighted by Crippen LogP contribution is 2.61. The van der Waals surface area contributed by atoms with Crippen molar-refractivity contribution in [2.45, 2.75) is 124 Å². The van der Waals surface area contributed by atoms with Crippen molar-refractivity contribution in [2.75, 3.05) is 32.0 Å². The van der Waals surface area contributed by atoms with Gasteiger partial charge in [0.05, 0.1) is 26.0 Å². The topological polar surface area (TPSA) is 434 Å². The molecule has 13 atom stereocenters. The van der Waals surface area contributed by atoms with Crippen LogP contribution in [0.4, 0.5) is 10.6 Å². The highest BCUT2D eigenvalue weighted by atomic mass is 32.2. The second-order valence-corrected chi connectivity index (χ2v) is 23.4. The summed E-state index contributed by atoms with van der Waals surface area (Å²) in [6.45, 7) is 1.73. The van der Waals surface area contributed by atoms with Crippen molar-refractivity contribution in [3.8, 4) is 0 Å². The summed E-state index contributed by atoms with van der Waals surface area (Å²) in [5, 5.41) is 55.8. The number of carbonyl (C=O) groups is 4. The van der Waals surface area contributed by atoms with Crippen LogP contribution in [0, 0.1) is 0 Å². The van der Waals surface area contributed by atoms with Gasteiger partial charge < -0.3 is 75.8 Å². The first kappa shape index (κ1) is 60.4. The highest BCUT2D eigenvalue weighted by molar-refractivity contribution is 8.01. The number of H-pyrrole nitrogens is 1. The van der Waals surface area contributed by atoms with E-state index in [0.29, 0.717) is 18.4 Å². The Morgan fingerprint density at radius 1 is 0.850 bits per heavy atom. The minimum absolute atomic E-state index is 0.0316. The van der Waals surface area contributed by atoms with Crippen molar-refractivity contribution in [3.63, 3.8) is 0 Å². The van der Waals surface area contributed by atoms with Crippen molar-refractivity contribution in [3.05, 3.63) is 84.6 Å². The summed E-state index contributed by atoms with van der Waals surface area (Å²) in [6, 6.07) is 14.0. The third-order valence-electron chi connectivity index (χ3n) is 12.8. The number of para-hydroxylation sites is 1. The fourth-order valence-electron chi connectivity index (χ4n) is 8.96. The number of carboxylic acid groups (broad SMARTS) is 1. The molecule has 33 heteroatoms. The van der Waals surface area contributed by atoms with Gasteiger partial charge in [0.25, 0.3) is 0 Å². The molecule has 0 saturated carbocycles. The standard InChI is InChI=1S/C47H63N11O19P2S/c1-25(2)55-43(65)31(18-27-19-49-29-13-7-6-12-28(27)29)56-42(64)30(57-46(66)71-20-26-10-4-3-5-11-26)14-8-9-16-53-47(54-17-15-34(59)60)76-39-37(62)33(75-45(39)80-47)22-73-79(69,70)77-78(67,68)72-21-32-36(61)38(63)44(74-32)58-24-52-35-40(48)50-23-51-41(35)58/h3-7,10-13,19,23-25,30-33,36-39,44-45,49,53-54,61-63H,8-9,14-18,20-22H2,1-2H3,(H,55,65)(H,56,64)(H,57,66)(H,59,60)(H,67,68)(H,69,70)(H2,48,50,51)/t30-,31-,32+,33+,36+,37+,38+,39+,44+,45+,47-/m0/s1. The van der Waals surface area contributed by atoms with Crippen LogP contribution in [0.1, 0.15) is 56.9 Å². The van der Waals surface area contributed by atoms with E-state index in [1.165, 1.54) is 10.9 Å². The molecular formula is C47H63N11O19P2S. The number of phosphoric acid groups is 2. The number of aliphatic hydroxyl groups is 3. The van der Waals surface area contributed by atoms with Crippen molar-refractivity contribution < 1.29 is 90.8 Å². The molecule has 3 saturated heterocycles. The fourth-order valence-corrected chi connectivity index (χ4v) is 12.5. The molecule has 3 aromatic heterocycles. The molecule has 436 valence electrons. The number of amides is 3. The van der Waals surface area contributed by atoms with Gasteiger partial charge in [-0.2, -0.15) is 4.31 Å². The number of hydrogen-bond donors (Lipinski definition) is 13. The van der Waals surface area contributed by atoms with Gasteiger partial charge in [0.15, 0.2) is 17.7 Å². The van der Waals surface area contributed by atoms with Crippen molar-refractivity contribution in [2.24, 2.45) is 0 Å². The first-order valence-corrected chi connectivity index (χ1v) is 29.1. The zero-order valence-electron chi connectivity index (χ0n) is 43.0. The number of alkyl carbamates (subject to hydrolysis) is 1. The molecule has 6 heterocycles. The Kier molecular flexibility index (Phi) is 20.0. The van der Waals surface area contributed by atoms with E-state index < -0.39 is 118 Å². The zero-order chi connectivity index (χ0) is 57.4. The zero-order valence-corrected chi connectivity index (χ0v) is 45.6. The predicted molar refractivity (Wildman–Crippen MR) is 281 cm³/mol. The van der Waals surface area contributed by atoms with E-state index in [4.69, 9.17) is 33.7 Å². The van der Waals surface area contributed by atoms with Gasteiger partial charge in [-0.05, 0) is 56.8 Å². The van der Waals surface area contributed by atoms with Crippen LogP contribution >= 0.6 is 27.4 Å². The number of unbranched alkanes of at least 4 members (excludes halogenated alkanes) is 1. The van der Waals surface area contributed by atoms with Crippen LogP contribution in [-0.2, 0) is 68.8 Å². The summed E-state index contributed by atoms with van der Waals surface area (Å²) < 4.78 is 64.4. The van der Waals surface area contributed by atoms with Crippen LogP contribution < -0.4 is 32.3 Å². The van der Waals surface area contributed by atoms with Crippen molar-refractivity contribution >= 4 is 79.2 Å². The molecule has 3 aliphatic heterocycles. The monoisotopic (exact) mass is 1180 g/mol.